The number of pyridine rings is 1. The van der Waals surface area contributed by atoms with E-state index in [0.29, 0.717) is 41.5 Å². The van der Waals surface area contributed by atoms with Crippen LogP contribution in [0.25, 0.3) is 11.1 Å². The van der Waals surface area contributed by atoms with Gasteiger partial charge in [-0.1, -0.05) is 25.4 Å². The molecule has 7 heteroatoms. The molecule has 1 aromatic carbocycles. The molecule has 3 rings (SSSR count). The van der Waals surface area contributed by atoms with E-state index in [4.69, 9.17) is 26.8 Å². The Bertz CT molecular complexity index is 897. The number of benzene rings is 1. The van der Waals surface area contributed by atoms with E-state index < -0.39 is 5.54 Å². The summed E-state index contributed by atoms with van der Waals surface area (Å²) in [4.78, 5) is 15.6. The summed E-state index contributed by atoms with van der Waals surface area (Å²) in [6.07, 6.45) is 2.55. The summed E-state index contributed by atoms with van der Waals surface area (Å²) in [6, 6.07) is 5.56. The van der Waals surface area contributed by atoms with Crippen LogP contribution in [0.15, 0.2) is 24.4 Å². The molecule has 28 heavy (non-hydrogen) atoms. The summed E-state index contributed by atoms with van der Waals surface area (Å²) in [7, 11) is 0. The maximum atomic E-state index is 11.3. The highest BCUT2D eigenvalue weighted by atomic mass is 35.5. The van der Waals surface area contributed by atoms with Crippen molar-refractivity contribution >= 4 is 23.3 Å². The molecule has 3 N–H and O–H groups in total. The zero-order chi connectivity index (χ0) is 20.5. The smallest absolute Gasteiger partial charge is 0.222 e. The van der Waals surface area contributed by atoms with Crippen LogP contribution in [0, 0.1) is 5.92 Å². The van der Waals surface area contributed by atoms with Gasteiger partial charge in [0.1, 0.15) is 35.6 Å². The largest absolute Gasteiger partial charge is 0.490 e. The lowest BCUT2D eigenvalue weighted by Gasteiger charge is -2.28. The summed E-state index contributed by atoms with van der Waals surface area (Å²) in [6.45, 7) is 8.39. The Morgan fingerprint density at radius 2 is 2.18 bits per heavy atom. The van der Waals surface area contributed by atoms with Gasteiger partial charge in [-0.3, -0.25) is 4.79 Å². The monoisotopic (exact) mass is 403 g/mol. The molecule has 2 heterocycles. The normalized spacial score (nSPS) is 14.5. The van der Waals surface area contributed by atoms with E-state index in [2.05, 4.69) is 24.1 Å². The zero-order valence-corrected chi connectivity index (χ0v) is 17.4. The molecule has 0 radical (unpaired) electrons. The Balaban J connectivity index is 1.87. The fraction of sp³-hybridized carbons (Fsp3) is 0.429. The fourth-order valence-corrected chi connectivity index (χ4v) is 3.76. The Labute approximate surface area is 170 Å². The maximum absolute atomic E-state index is 11.3. The second-order valence-corrected chi connectivity index (χ2v) is 8.37. The second kappa shape index (κ2) is 7.97. The van der Waals surface area contributed by atoms with Gasteiger partial charge in [-0.25, -0.2) is 4.98 Å². The summed E-state index contributed by atoms with van der Waals surface area (Å²) in [5, 5.41) is 3.12. The predicted octanol–water partition coefficient (Wildman–Crippen LogP) is 4.40. The van der Waals surface area contributed by atoms with Crippen molar-refractivity contribution in [3.05, 3.63) is 35.0 Å². The van der Waals surface area contributed by atoms with Gasteiger partial charge in [0, 0.05) is 29.8 Å². The van der Waals surface area contributed by atoms with Crippen LogP contribution in [0.2, 0.25) is 5.02 Å². The zero-order valence-electron chi connectivity index (χ0n) is 16.6. The number of anilines is 1. The number of hydrogen-bond acceptors (Lipinski definition) is 5. The number of ether oxygens (including phenoxy) is 2. The number of nitrogens with two attached hydrogens (primary N) is 1. The highest BCUT2D eigenvalue weighted by Crippen LogP contribution is 2.46. The van der Waals surface area contributed by atoms with E-state index in [1.54, 1.807) is 6.20 Å². The number of rotatable bonds is 6. The number of amides is 1. The van der Waals surface area contributed by atoms with Crippen molar-refractivity contribution in [2.45, 2.75) is 46.3 Å². The van der Waals surface area contributed by atoms with E-state index in [0.717, 1.165) is 23.1 Å². The van der Waals surface area contributed by atoms with Crippen LogP contribution >= 0.6 is 11.6 Å². The number of carbonyl (C=O) groups excluding carboxylic acids is 1. The molecular weight excluding hydrogens is 378 g/mol. The van der Waals surface area contributed by atoms with Crippen LogP contribution in [0.3, 0.4) is 0 Å². The quantitative estimate of drug-likeness (QED) is 0.746. The van der Waals surface area contributed by atoms with Gasteiger partial charge in [-0.05, 0) is 43.0 Å². The van der Waals surface area contributed by atoms with Crippen LogP contribution < -0.4 is 20.5 Å². The van der Waals surface area contributed by atoms with Crippen molar-refractivity contribution in [2.24, 2.45) is 11.7 Å². The lowest BCUT2D eigenvalue weighted by molar-refractivity contribution is -0.114. The molecule has 6 nitrogen and oxygen atoms in total. The first kappa shape index (κ1) is 20.4. The molecule has 1 aliphatic rings. The van der Waals surface area contributed by atoms with Gasteiger partial charge < -0.3 is 20.5 Å². The van der Waals surface area contributed by atoms with Crippen LogP contribution in [-0.2, 0) is 11.4 Å². The third-order valence-corrected chi connectivity index (χ3v) is 4.80. The van der Waals surface area contributed by atoms with Gasteiger partial charge >= 0.3 is 0 Å². The third kappa shape index (κ3) is 4.56. The van der Waals surface area contributed by atoms with Crippen molar-refractivity contribution in [1.82, 2.24) is 4.98 Å². The molecule has 0 saturated heterocycles. The minimum atomic E-state index is -0.445. The van der Waals surface area contributed by atoms with Crippen LogP contribution in [-0.4, -0.2) is 23.0 Å². The van der Waals surface area contributed by atoms with Gasteiger partial charge in [0.2, 0.25) is 5.91 Å². The second-order valence-electron chi connectivity index (χ2n) is 7.99. The number of carbonyl (C=O) groups is 1. The molecule has 1 atom stereocenters. The molecule has 1 amide bonds. The fourth-order valence-electron chi connectivity index (χ4n) is 3.48. The topological polar surface area (TPSA) is 86.5 Å². The standard InChI is InChI=1S/C21H26ClN3O3/c1-12(2)8-21(4,23)11-28-17-6-5-15-16-7-18(25-13(3)26)24-9-14(16)10-27-20(15)19(17)22/h5-7,9,12H,8,10-11,23H2,1-4H3,(H,24,25,26). The van der Waals surface area contributed by atoms with Crippen LogP contribution in [0.4, 0.5) is 5.82 Å². The highest BCUT2D eigenvalue weighted by Gasteiger charge is 2.25. The first-order chi connectivity index (χ1) is 13.2. The van der Waals surface area contributed by atoms with Gasteiger partial charge in [-0.15, -0.1) is 0 Å². The van der Waals surface area contributed by atoms with Crippen LogP contribution in [0.1, 0.15) is 39.7 Å². The summed E-state index contributed by atoms with van der Waals surface area (Å²) in [5.41, 5.74) is 8.58. The molecule has 1 aliphatic heterocycles. The molecule has 150 valence electrons. The van der Waals surface area contributed by atoms with Crippen molar-refractivity contribution in [1.29, 1.82) is 0 Å². The minimum absolute atomic E-state index is 0.173. The first-order valence-electron chi connectivity index (χ1n) is 9.30. The summed E-state index contributed by atoms with van der Waals surface area (Å²) in [5.74, 6) is 1.90. The maximum Gasteiger partial charge on any atom is 0.222 e. The molecular formula is C21H26ClN3O3. The molecule has 0 aliphatic carbocycles. The molecule has 1 unspecified atom stereocenters. The molecule has 0 saturated carbocycles. The molecule has 1 aromatic heterocycles. The Morgan fingerprint density at radius 3 is 2.86 bits per heavy atom. The number of nitrogens with one attached hydrogen (secondary N) is 1. The van der Waals surface area contributed by atoms with E-state index in [1.807, 2.05) is 25.1 Å². The SMILES string of the molecule is CC(=O)Nc1cc2c(cn1)COc1c-2ccc(OCC(C)(N)CC(C)C)c1Cl. The third-order valence-electron chi connectivity index (χ3n) is 4.45. The molecule has 0 spiro atoms. The van der Waals surface area contributed by atoms with Crippen LogP contribution in [0.5, 0.6) is 11.5 Å². The van der Waals surface area contributed by atoms with E-state index >= 15 is 0 Å². The minimum Gasteiger partial charge on any atom is -0.490 e. The Kier molecular flexibility index (Phi) is 5.82. The number of halogens is 1. The van der Waals surface area contributed by atoms with Crippen molar-refractivity contribution in [3.8, 4) is 22.6 Å². The van der Waals surface area contributed by atoms with E-state index in [-0.39, 0.29) is 5.91 Å². The lowest BCUT2D eigenvalue weighted by atomic mass is 9.93. The first-order valence-corrected chi connectivity index (χ1v) is 9.68. The Morgan fingerprint density at radius 1 is 1.43 bits per heavy atom. The van der Waals surface area contributed by atoms with E-state index in [1.165, 1.54) is 6.92 Å². The number of nitrogens with zero attached hydrogens (tertiary/aromatic N) is 1. The molecule has 0 fully saturated rings. The van der Waals surface area contributed by atoms with Crippen molar-refractivity contribution in [2.75, 3.05) is 11.9 Å². The van der Waals surface area contributed by atoms with Gasteiger partial charge in [0.25, 0.3) is 0 Å². The van der Waals surface area contributed by atoms with Gasteiger partial charge in [-0.2, -0.15) is 0 Å². The average Bonchev–Trinajstić information content (AvgIpc) is 2.59. The Hall–Kier alpha value is -2.31. The summed E-state index contributed by atoms with van der Waals surface area (Å²) < 4.78 is 11.8. The average molecular weight is 404 g/mol. The highest BCUT2D eigenvalue weighted by molar-refractivity contribution is 6.34. The summed E-state index contributed by atoms with van der Waals surface area (Å²) >= 11 is 6.58. The van der Waals surface area contributed by atoms with Crippen molar-refractivity contribution < 1.29 is 14.3 Å². The lowest BCUT2D eigenvalue weighted by Crippen LogP contribution is -2.43. The number of hydrogen-bond donors (Lipinski definition) is 2. The molecule has 2 aromatic rings. The van der Waals surface area contributed by atoms with Gasteiger partial charge in [0.15, 0.2) is 0 Å². The van der Waals surface area contributed by atoms with Crippen molar-refractivity contribution in [3.63, 3.8) is 0 Å². The molecule has 0 bridgehead atoms. The van der Waals surface area contributed by atoms with E-state index in [9.17, 15) is 4.79 Å². The number of fused-ring (bicyclic) bond motifs is 3. The van der Waals surface area contributed by atoms with Gasteiger partial charge in [0.05, 0.1) is 0 Å². The number of aromatic nitrogens is 1. The predicted molar refractivity (Wildman–Crippen MR) is 111 cm³/mol.